The predicted molar refractivity (Wildman–Crippen MR) is 122 cm³/mol. The van der Waals surface area contributed by atoms with E-state index >= 15 is 0 Å². The number of fused-ring (bicyclic) bond motifs is 1. The molecule has 156 valence electrons. The van der Waals surface area contributed by atoms with Gasteiger partial charge in [0.2, 0.25) is 5.91 Å². The summed E-state index contributed by atoms with van der Waals surface area (Å²) in [5, 5.41) is 5.98. The molecule has 0 unspecified atom stereocenters. The van der Waals surface area contributed by atoms with Crippen LogP contribution in [0.4, 0.5) is 5.69 Å². The van der Waals surface area contributed by atoms with Crippen molar-refractivity contribution in [3.05, 3.63) is 18.2 Å². The molecule has 1 heterocycles. The lowest BCUT2D eigenvalue weighted by molar-refractivity contribution is -0.122. The standard InChI is InChI=1S/C20H30N4O3.HI/c21-20(23-10-9-22-19(25)13-15-5-2-1-3-6-15)24-16-7-8-17-18(14-16)27-12-4-11-26-17;/h7-8,14-15H,1-6,9-13H2,(H,22,25)(H3,21,23,24);1H. The fraction of sp³-hybridized carbons (Fsp3) is 0.600. The second kappa shape index (κ2) is 12.0. The van der Waals surface area contributed by atoms with Gasteiger partial charge in [0.05, 0.1) is 19.8 Å². The van der Waals surface area contributed by atoms with Crippen molar-refractivity contribution in [2.24, 2.45) is 16.6 Å². The van der Waals surface area contributed by atoms with Crippen LogP contribution in [0.5, 0.6) is 11.5 Å². The molecule has 1 saturated carbocycles. The topological polar surface area (TPSA) is 98.0 Å². The summed E-state index contributed by atoms with van der Waals surface area (Å²) in [5.41, 5.74) is 6.73. The van der Waals surface area contributed by atoms with Crippen LogP contribution in [0.25, 0.3) is 0 Å². The van der Waals surface area contributed by atoms with Crippen molar-refractivity contribution < 1.29 is 14.3 Å². The molecule has 1 aliphatic carbocycles. The van der Waals surface area contributed by atoms with E-state index in [0.717, 1.165) is 17.9 Å². The Labute approximate surface area is 183 Å². The lowest BCUT2D eigenvalue weighted by atomic mass is 9.87. The van der Waals surface area contributed by atoms with Crippen molar-refractivity contribution in [2.45, 2.75) is 44.9 Å². The van der Waals surface area contributed by atoms with Gasteiger partial charge in [0, 0.05) is 31.1 Å². The van der Waals surface area contributed by atoms with Gasteiger partial charge >= 0.3 is 0 Å². The molecule has 0 aromatic heterocycles. The molecule has 1 fully saturated rings. The van der Waals surface area contributed by atoms with Crippen LogP contribution in [0.3, 0.4) is 0 Å². The third kappa shape index (κ3) is 7.37. The van der Waals surface area contributed by atoms with Gasteiger partial charge < -0.3 is 25.8 Å². The SMILES string of the molecule is I.NC(=NCCNC(=O)CC1CCCCC1)Nc1ccc2c(c1)OCCCO2. The Morgan fingerprint density at radius 3 is 2.64 bits per heavy atom. The highest BCUT2D eigenvalue weighted by molar-refractivity contribution is 14.0. The summed E-state index contributed by atoms with van der Waals surface area (Å²) in [6.45, 7) is 2.24. The van der Waals surface area contributed by atoms with Crippen LogP contribution < -0.4 is 25.8 Å². The number of amides is 1. The molecule has 2 aliphatic rings. The second-order valence-electron chi connectivity index (χ2n) is 7.16. The Balaban J connectivity index is 0.00000280. The Morgan fingerprint density at radius 2 is 1.86 bits per heavy atom. The quantitative estimate of drug-likeness (QED) is 0.240. The summed E-state index contributed by atoms with van der Waals surface area (Å²) >= 11 is 0. The molecule has 7 nitrogen and oxygen atoms in total. The Morgan fingerprint density at radius 1 is 1.11 bits per heavy atom. The van der Waals surface area contributed by atoms with Crippen LogP contribution in [0.1, 0.15) is 44.9 Å². The number of benzene rings is 1. The summed E-state index contributed by atoms with van der Waals surface area (Å²) in [5.74, 6) is 2.43. The summed E-state index contributed by atoms with van der Waals surface area (Å²) in [7, 11) is 0. The summed E-state index contributed by atoms with van der Waals surface area (Å²) in [6, 6.07) is 5.60. The van der Waals surface area contributed by atoms with Gasteiger partial charge in [-0.3, -0.25) is 9.79 Å². The number of nitrogens with zero attached hydrogens (tertiary/aromatic N) is 1. The molecule has 4 N–H and O–H groups in total. The van der Waals surface area contributed by atoms with E-state index in [1.807, 2.05) is 18.2 Å². The first kappa shape index (κ1) is 22.6. The first-order valence-corrected chi connectivity index (χ1v) is 9.94. The fourth-order valence-electron chi connectivity index (χ4n) is 3.53. The van der Waals surface area contributed by atoms with Gasteiger partial charge in [-0.1, -0.05) is 19.3 Å². The molecule has 28 heavy (non-hydrogen) atoms. The van der Waals surface area contributed by atoms with Crippen LogP contribution in [0, 0.1) is 5.92 Å². The minimum absolute atomic E-state index is 0. The Hall–Kier alpha value is -1.71. The zero-order valence-corrected chi connectivity index (χ0v) is 18.6. The zero-order valence-electron chi connectivity index (χ0n) is 16.2. The number of rotatable bonds is 6. The molecule has 0 atom stereocenters. The minimum atomic E-state index is 0. The highest BCUT2D eigenvalue weighted by Gasteiger charge is 2.16. The van der Waals surface area contributed by atoms with Gasteiger partial charge in [0.15, 0.2) is 17.5 Å². The summed E-state index contributed by atoms with van der Waals surface area (Å²) in [4.78, 5) is 16.2. The van der Waals surface area contributed by atoms with Gasteiger partial charge in [0.25, 0.3) is 0 Å². The van der Waals surface area contributed by atoms with Gasteiger partial charge in [-0.2, -0.15) is 0 Å². The van der Waals surface area contributed by atoms with E-state index < -0.39 is 0 Å². The molecular weight excluding hydrogens is 471 g/mol. The van der Waals surface area contributed by atoms with Crippen LogP contribution in [0.15, 0.2) is 23.2 Å². The van der Waals surface area contributed by atoms with Crippen molar-refractivity contribution in [3.63, 3.8) is 0 Å². The predicted octanol–water partition coefficient (Wildman–Crippen LogP) is 3.28. The number of anilines is 1. The number of guanidine groups is 1. The van der Waals surface area contributed by atoms with Crippen molar-refractivity contribution in [1.82, 2.24) is 5.32 Å². The molecule has 0 saturated heterocycles. The smallest absolute Gasteiger partial charge is 0.220 e. The Bertz CT molecular complexity index is 663. The van der Waals surface area contributed by atoms with E-state index in [1.54, 1.807) is 0 Å². The average molecular weight is 502 g/mol. The van der Waals surface area contributed by atoms with Gasteiger partial charge in [-0.15, -0.1) is 24.0 Å². The van der Waals surface area contributed by atoms with Gasteiger partial charge in [-0.25, -0.2) is 0 Å². The molecular formula is C20H31IN4O3. The van der Waals surface area contributed by atoms with E-state index in [-0.39, 0.29) is 29.9 Å². The molecule has 8 heteroatoms. The largest absolute Gasteiger partial charge is 0.490 e. The normalized spacial score (nSPS) is 17.2. The number of carbonyl (C=O) groups excluding carboxylic acids is 1. The number of aliphatic imine (C=N–C) groups is 1. The maximum atomic E-state index is 12.0. The minimum Gasteiger partial charge on any atom is -0.490 e. The molecule has 0 spiro atoms. The number of halogens is 1. The van der Waals surface area contributed by atoms with E-state index in [2.05, 4.69) is 15.6 Å². The summed E-state index contributed by atoms with van der Waals surface area (Å²) in [6.07, 6.45) is 7.68. The first-order chi connectivity index (χ1) is 13.2. The van der Waals surface area contributed by atoms with Gasteiger partial charge in [0.1, 0.15) is 0 Å². The van der Waals surface area contributed by atoms with Crippen LogP contribution >= 0.6 is 24.0 Å². The number of hydrogen-bond acceptors (Lipinski definition) is 4. The lowest BCUT2D eigenvalue weighted by Crippen LogP contribution is -2.30. The summed E-state index contributed by atoms with van der Waals surface area (Å²) < 4.78 is 11.3. The molecule has 0 radical (unpaired) electrons. The zero-order chi connectivity index (χ0) is 18.9. The monoisotopic (exact) mass is 502 g/mol. The van der Waals surface area contributed by atoms with Crippen LogP contribution in [0.2, 0.25) is 0 Å². The third-order valence-corrected chi connectivity index (χ3v) is 4.93. The van der Waals surface area contributed by atoms with Crippen LogP contribution in [-0.4, -0.2) is 38.2 Å². The Kier molecular flexibility index (Phi) is 9.66. The van der Waals surface area contributed by atoms with Crippen molar-refractivity contribution in [3.8, 4) is 11.5 Å². The number of carbonyl (C=O) groups is 1. The van der Waals surface area contributed by atoms with Crippen LogP contribution in [-0.2, 0) is 4.79 Å². The molecule has 0 bridgehead atoms. The molecule has 1 aromatic carbocycles. The van der Waals surface area contributed by atoms with Crippen molar-refractivity contribution in [2.75, 3.05) is 31.6 Å². The maximum absolute atomic E-state index is 12.0. The number of hydrogen-bond donors (Lipinski definition) is 3. The van der Waals surface area contributed by atoms with Crippen molar-refractivity contribution in [1.29, 1.82) is 0 Å². The third-order valence-electron chi connectivity index (χ3n) is 4.93. The molecule has 1 amide bonds. The highest BCUT2D eigenvalue weighted by atomic mass is 127. The van der Waals surface area contributed by atoms with E-state index in [1.165, 1.54) is 32.1 Å². The maximum Gasteiger partial charge on any atom is 0.220 e. The molecule has 1 aliphatic heterocycles. The second-order valence-corrected chi connectivity index (χ2v) is 7.16. The number of ether oxygens (including phenoxy) is 2. The average Bonchev–Trinajstić information content (AvgIpc) is 2.91. The fourth-order valence-corrected chi connectivity index (χ4v) is 3.53. The van der Waals surface area contributed by atoms with Gasteiger partial charge in [-0.05, 0) is 30.9 Å². The van der Waals surface area contributed by atoms with E-state index in [9.17, 15) is 4.79 Å². The van der Waals surface area contributed by atoms with Crippen molar-refractivity contribution >= 4 is 41.5 Å². The number of nitrogens with one attached hydrogen (secondary N) is 2. The lowest BCUT2D eigenvalue weighted by Gasteiger charge is -2.20. The first-order valence-electron chi connectivity index (χ1n) is 9.94. The van der Waals surface area contributed by atoms with E-state index in [4.69, 9.17) is 15.2 Å². The highest BCUT2D eigenvalue weighted by Crippen LogP contribution is 2.32. The number of nitrogens with two attached hydrogens (primary N) is 1. The molecule has 1 aromatic rings. The molecule has 3 rings (SSSR count). The van der Waals surface area contributed by atoms with E-state index in [0.29, 0.717) is 50.4 Å².